The third-order valence-electron chi connectivity index (χ3n) is 5.56. The molecule has 7 heteroatoms. The van der Waals surface area contributed by atoms with Crippen molar-refractivity contribution in [3.05, 3.63) is 53.0 Å². The Balaban J connectivity index is 1.58. The third-order valence-corrected chi connectivity index (χ3v) is 5.56. The van der Waals surface area contributed by atoms with Crippen molar-refractivity contribution >= 4 is 23.5 Å². The van der Waals surface area contributed by atoms with Gasteiger partial charge >= 0.3 is 6.03 Å². The second-order valence-corrected chi connectivity index (χ2v) is 7.55. The average molecular weight is 381 g/mol. The second-order valence-electron chi connectivity index (χ2n) is 7.55. The van der Waals surface area contributed by atoms with E-state index in [-0.39, 0.29) is 12.5 Å². The molecule has 0 bridgehead atoms. The van der Waals surface area contributed by atoms with E-state index in [4.69, 9.17) is 4.42 Å². The van der Waals surface area contributed by atoms with Crippen LogP contribution in [0, 0.1) is 13.8 Å². The lowest BCUT2D eigenvalue weighted by Gasteiger charge is -2.30. The van der Waals surface area contributed by atoms with Crippen molar-refractivity contribution < 1.29 is 18.8 Å². The number of imide groups is 1. The van der Waals surface area contributed by atoms with Gasteiger partial charge in [-0.25, -0.2) is 4.79 Å². The van der Waals surface area contributed by atoms with Crippen molar-refractivity contribution in [2.45, 2.75) is 39.2 Å². The van der Waals surface area contributed by atoms with Crippen LogP contribution in [0.3, 0.4) is 0 Å². The molecular weight excluding hydrogens is 358 g/mol. The largest absolute Gasteiger partial charge is 0.466 e. The van der Waals surface area contributed by atoms with Gasteiger partial charge in [-0.3, -0.25) is 14.5 Å². The molecule has 4 amide bonds. The fourth-order valence-corrected chi connectivity index (χ4v) is 4.16. The Bertz CT molecular complexity index is 980. The Morgan fingerprint density at radius 2 is 2.00 bits per heavy atom. The van der Waals surface area contributed by atoms with Gasteiger partial charge < -0.3 is 14.6 Å². The van der Waals surface area contributed by atoms with Crippen LogP contribution in [0.2, 0.25) is 0 Å². The fourth-order valence-electron chi connectivity index (χ4n) is 4.16. The van der Waals surface area contributed by atoms with Crippen molar-refractivity contribution in [1.29, 1.82) is 0 Å². The van der Waals surface area contributed by atoms with Crippen LogP contribution in [-0.4, -0.2) is 35.8 Å². The molecule has 2 aliphatic heterocycles. The minimum absolute atomic E-state index is 0.264. The highest BCUT2D eigenvalue weighted by molar-refractivity contribution is 6.10. The standard InChI is InChI=1S/C21H23N3O4/c1-13-11-16(14(2)28-13)21(3)19(26)24(20(27)22-21)12-18(25)23-10-6-8-15-7-4-5-9-17(15)23/h4-5,7,9,11H,6,8,10,12H2,1-3H3,(H,22,27). The molecule has 7 nitrogen and oxygen atoms in total. The maximum atomic E-state index is 13.1. The van der Waals surface area contributed by atoms with Crippen LogP contribution in [0.4, 0.5) is 10.5 Å². The molecule has 1 N–H and O–H groups in total. The van der Waals surface area contributed by atoms with E-state index in [9.17, 15) is 14.4 Å². The lowest BCUT2D eigenvalue weighted by atomic mass is 9.92. The van der Waals surface area contributed by atoms with E-state index in [1.807, 2.05) is 24.3 Å². The lowest BCUT2D eigenvalue weighted by Crippen LogP contribution is -2.46. The zero-order valence-electron chi connectivity index (χ0n) is 16.2. The van der Waals surface area contributed by atoms with Crippen LogP contribution < -0.4 is 10.2 Å². The summed E-state index contributed by atoms with van der Waals surface area (Å²) in [4.78, 5) is 41.3. The van der Waals surface area contributed by atoms with Crippen molar-refractivity contribution in [1.82, 2.24) is 10.2 Å². The fraction of sp³-hybridized carbons (Fsp3) is 0.381. The quantitative estimate of drug-likeness (QED) is 0.829. The topological polar surface area (TPSA) is 82.9 Å². The van der Waals surface area contributed by atoms with Gasteiger partial charge in [0.25, 0.3) is 5.91 Å². The monoisotopic (exact) mass is 381 g/mol. The molecule has 3 heterocycles. The summed E-state index contributed by atoms with van der Waals surface area (Å²) in [7, 11) is 0. The Kier molecular flexibility index (Phi) is 4.25. The lowest BCUT2D eigenvalue weighted by molar-refractivity contribution is -0.134. The van der Waals surface area contributed by atoms with Crippen molar-refractivity contribution in [3.63, 3.8) is 0 Å². The molecular formula is C21H23N3O4. The van der Waals surface area contributed by atoms with E-state index in [0.717, 1.165) is 29.0 Å². The first-order valence-corrected chi connectivity index (χ1v) is 9.41. The molecule has 2 aromatic rings. The molecule has 1 aromatic heterocycles. The number of benzene rings is 1. The molecule has 0 saturated carbocycles. The van der Waals surface area contributed by atoms with Crippen LogP contribution in [0.25, 0.3) is 0 Å². The first-order valence-electron chi connectivity index (χ1n) is 9.41. The first-order chi connectivity index (χ1) is 13.3. The number of furan rings is 1. The van der Waals surface area contributed by atoms with Gasteiger partial charge in [0.2, 0.25) is 5.91 Å². The van der Waals surface area contributed by atoms with Gasteiger partial charge in [-0.05, 0) is 51.3 Å². The van der Waals surface area contributed by atoms with E-state index >= 15 is 0 Å². The summed E-state index contributed by atoms with van der Waals surface area (Å²) in [5.41, 5.74) is 1.34. The summed E-state index contributed by atoms with van der Waals surface area (Å²) < 4.78 is 5.53. The predicted octanol–water partition coefficient (Wildman–Crippen LogP) is 2.64. The Hall–Kier alpha value is -3.09. The number of anilines is 1. The molecule has 28 heavy (non-hydrogen) atoms. The maximum Gasteiger partial charge on any atom is 0.325 e. The molecule has 0 radical (unpaired) electrons. The number of aryl methyl sites for hydroxylation is 3. The predicted molar refractivity (Wildman–Crippen MR) is 103 cm³/mol. The molecule has 1 fully saturated rings. The van der Waals surface area contributed by atoms with E-state index in [0.29, 0.717) is 23.6 Å². The van der Waals surface area contributed by atoms with Gasteiger partial charge in [-0.2, -0.15) is 0 Å². The van der Waals surface area contributed by atoms with Crippen LogP contribution in [0.1, 0.15) is 36.0 Å². The number of carbonyl (C=O) groups is 3. The van der Waals surface area contributed by atoms with Gasteiger partial charge in [-0.15, -0.1) is 0 Å². The molecule has 0 spiro atoms. The summed E-state index contributed by atoms with van der Waals surface area (Å²) in [6.45, 7) is 5.48. The van der Waals surface area contributed by atoms with Gasteiger partial charge in [0.1, 0.15) is 23.6 Å². The van der Waals surface area contributed by atoms with Crippen LogP contribution >= 0.6 is 0 Å². The molecule has 146 valence electrons. The van der Waals surface area contributed by atoms with Crippen LogP contribution in [0.15, 0.2) is 34.7 Å². The van der Waals surface area contributed by atoms with Gasteiger partial charge in [0.15, 0.2) is 0 Å². The van der Waals surface area contributed by atoms with Gasteiger partial charge in [0.05, 0.1) is 0 Å². The number of fused-ring (bicyclic) bond motifs is 1. The zero-order valence-corrected chi connectivity index (χ0v) is 16.2. The van der Waals surface area contributed by atoms with Crippen molar-refractivity contribution in [2.24, 2.45) is 0 Å². The minimum atomic E-state index is -1.24. The molecule has 2 aliphatic rings. The molecule has 0 aliphatic carbocycles. The second kappa shape index (κ2) is 6.51. The van der Waals surface area contributed by atoms with Gasteiger partial charge in [0, 0.05) is 17.8 Å². The number of urea groups is 1. The summed E-state index contributed by atoms with van der Waals surface area (Å²) in [5.74, 6) is 0.530. The number of carbonyl (C=O) groups excluding carboxylic acids is 3. The summed E-state index contributed by atoms with van der Waals surface area (Å²) in [6.07, 6.45) is 1.77. The van der Waals surface area contributed by atoms with E-state index in [2.05, 4.69) is 5.32 Å². The number of nitrogens with one attached hydrogen (secondary N) is 1. The third kappa shape index (κ3) is 2.78. The van der Waals surface area contributed by atoms with Crippen LogP contribution in [0.5, 0.6) is 0 Å². The highest BCUT2D eigenvalue weighted by atomic mass is 16.3. The number of rotatable bonds is 3. The number of nitrogens with zero attached hydrogens (tertiary/aromatic N) is 2. The highest BCUT2D eigenvalue weighted by Crippen LogP contribution is 2.33. The minimum Gasteiger partial charge on any atom is -0.466 e. The summed E-state index contributed by atoms with van der Waals surface area (Å²) in [5, 5.41) is 2.73. The van der Waals surface area contributed by atoms with Crippen molar-refractivity contribution in [2.75, 3.05) is 18.0 Å². The van der Waals surface area contributed by atoms with E-state index in [1.165, 1.54) is 0 Å². The zero-order chi connectivity index (χ0) is 20.1. The number of hydrogen-bond donors (Lipinski definition) is 1. The molecule has 1 atom stereocenters. The SMILES string of the molecule is Cc1cc(C2(C)NC(=O)N(CC(=O)N3CCCc4ccccc43)C2=O)c(C)o1. The van der Waals surface area contributed by atoms with E-state index in [1.54, 1.807) is 31.7 Å². The smallest absolute Gasteiger partial charge is 0.325 e. The number of hydrogen-bond acceptors (Lipinski definition) is 4. The first kappa shape index (κ1) is 18.3. The Morgan fingerprint density at radius 3 is 2.71 bits per heavy atom. The highest BCUT2D eigenvalue weighted by Gasteiger charge is 2.51. The maximum absolute atomic E-state index is 13.1. The van der Waals surface area contributed by atoms with Crippen LogP contribution in [-0.2, 0) is 21.5 Å². The summed E-state index contributed by atoms with van der Waals surface area (Å²) >= 11 is 0. The molecule has 1 aromatic carbocycles. The Morgan fingerprint density at radius 1 is 1.25 bits per heavy atom. The summed E-state index contributed by atoms with van der Waals surface area (Å²) in [6, 6.07) is 8.93. The Labute approximate surface area is 163 Å². The van der Waals surface area contributed by atoms with Crippen molar-refractivity contribution in [3.8, 4) is 0 Å². The number of para-hydroxylation sites is 1. The molecule has 1 unspecified atom stereocenters. The van der Waals surface area contributed by atoms with E-state index < -0.39 is 17.5 Å². The average Bonchev–Trinajstić information content (AvgIpc) is 3.12. The van der Waals surface area contributed by atoms with Gasteiger partial charge in [-0.1, -0.05) is 18.2 Å². The molecule has 1 saturated heterocycles. The normalized spacial score (nSPS) is 21.7. The molecule has 4 rings (SSSR count). The number of amides is 4.